The molecule has 0 bridgehead atoms. The van der Waals surface area contributed by atoms with Crippen LogP contribution in [-0.4, -0.2) is 24.3 Å². The average Bonchev–Trinajstić information content (AvgIpc) is 3.27. The molecule has 4 rings (SSSR count). The third-order valence-electron chi connectivity index (χ3n) is 5.89. The summed E-state index contributed by atoms with van der Waals surface area (Å²) in [5.41, 5.74) is 5.35. The first kappa shape index (κ1) is 25.7. The first-order chi connectivity index (χ1) is 15.1. The van der Waals surface area contributed by atoms with E-state index in [-0.39, 0.29) is 14.7 Å². The number of benzene rings is 1. The zero-order chi connectivity index (χ0) is 22.4. The highest BCUT2D eigenvalue weighted by Crippen LogP contribution is 2.29. The van der Waals surface area contributed by atoms with E-state index in [2.05, 4.69) is 35.5 Å². The number of aliphatic imine (C=N–C) groups is 1. The van der Waals surface area contributed by atoms with Crippen molar-refractivity contribution >= 4 is 24.4 Å². The molecular weight excluding hydrogens is 397 g/mol. The van der Waals surface area contributed by atoms with Gasteiger partial charge in [-0.15, -0.1) is 0 Å². The average molecular weight is 438 g/mol. The Labute approximate surface area is 194 Å². The molecule has 2 aromatic rings. The molecule has 1 N–H and O–H groups in total. The number of halogens is 1. The second-order valence-corrected chi connectivity index (χ2v) is 7.94. The number of allylic oxidation sites excluding steroid dienone is 1. The molecule has 174 valence electrons. The summed E-state index contributed by atoms with van der Waals surface area (Å²) in [5, 5.41) is 5.59. The van der Waals surface area contributed by atoms with Gasteiger partial charge in [-0.2, -0.15) is 0 Å². The molecule has 3 nitrogen and oxygen atoms in total. The first-order valence-electron chi connectivity index (χ1n) is 11.5. The highest BCUT2D eigenvalue weighted by Gasteiger charge is 2.18. The van der Waals surface area contributed by atoms with Crippen LogP contribution < -0.4 is 15.9 Å². The summed E-state index contributed by atoms with van der Waals surface area (Å²) in [6.07, 6.45) is 11.1. The Balaban J connectivity index is 0.00000133. The van der Waals surface area contributed by atoms with Gasteiger partial charge in [0.2, 0.25) is 0 Å². The second-order valence-electron chi connectivity index (χ2n) is 7.94. The second kappa shape index (κ2) is 11.9. The number of rotatable bonds is 4. The molecule has 32 heavy (non-hydrogen) atoms. The number of hydrogen-bond donors (Lipinski definition) is 1. The number of piperidine rings is 1. The number of aromatic nitrogens is 1. The molecule has 1 aliphatic carbocycles. The van der Waals surface area contributed by atoms with Crippen LogP contribution in [-0.2, 0) is 0 Å². The summed E-state index contributed by atoms with van der Waals surface area (Å²) in [7, 11) is 0. The zero-order valence-corrected chi connectivity index (χ0v) is 19.4. The van der Waals surface area contributed by atoms with Gasteiger partial charge in [0.05, 0.1) is 11.0 Å². The predicted octanol–water partition coefficient (Wildman–Crippen LogP) is 5.81. The summed E-state index contributed by atoms with van der Waals surface area (Å²) >= 11 is 0. The van der Waals surface area contributed by atoms with Crippen LogP contribution in [0.25, 0.3) is 29.5 Å². The number of hydrogen-bond acceptors (Lipinski definition) is 3. The van der Waals surface area contributed by atoms with Crippen LogP contribution in [0.2, 0.25) is 0 Å². The number of fused-ring (bicyclic) bond motifs is 1. The highest BCUT2D eigenvalue weighted by molar-refractivity contribution is 5.68. The lowest BCUT2D eigenvalue weighted by molar-refractivity contribution is 0.419. The molecule has 0 spiro atoms. The van der Waals surface area contributed by atoms with Gasteiger partial charge in [0, 0.05) is 30.4 Å². The van der Waals surface area contributed by atoms with Gasteiger partial charge in [0.15, 0.2) is 0 Å². The Hall–Kier alpha value is -2.59. The molecule has 2 aliphatic rings. The van der Waals surface area contributed by atoms with E-state index in [9.17, 15) is 0 Å². The fourth-order valence-electron chi connectivity index (χ4n) is 4.33. The van der Waals surface area contributed by atoms with Gasteiger partial charge < -0.3 is 5.32 Å². The quantitative estimate of drug-likeness (QED) is 0.613. The Morgan fingerprint density at radius 2 is 1.84 bits per heavy atom. The van der Waals surface area contributed by atoms with Crippen LogP contribution >= 0.6 is 0 Å². The van der Waals surface area contributed by atoms with Crippen LogP contribution in [0.4, 0.5) is 4.39 Å². The van der Waals surface area contributed by atoms with E-state index >= 15 is 4.39 Å². The van der Waals surface area contributed by atoms with Gasteiger partial charge in [0.25, 0.3) is 0 Å². The Bertz CT molecular complexity index is 1090. The molecule has 0 saturated carbocycles. The summed E-state index contributed by atoms with van der Waals surface area (Å²) in [5.74, 6) is 0.159. The first-order valence-corrected chi connectivity index (χ1v) is 11.5. The Morgan fingerprint density at radius 3 is 2.50 bits per heavy atom. The van der Waals surface area contributed by atoms with Crippen LogP contribution in [0, 0.1) is 25.6 Å². The number of pyridine rings is 1. The van der Waals surface area contributed by atoms with Crippen LogP contribution in [0.3, 0.4) is 0 Å². The lowest BCUT2D eigenvalue weighted by atomic mass is 9.92. The number of nitrogens with zero attached hydrogens (tertiary/aromatic N) is 2. The van der Waals surface area contributed by atoms with Gasteiger partial charge in [-0.3, -0.25) is 4.99 Å². The van der Waals surface area contributed by atoms with Crippen molar-refractivity contribution in [2.75, 3.05) is 13.1 Å². The fourth-order valence-corrected chi connectivity index (χ4v) is 4.33. The summed E-state index contributed by atoms with van der Waals surface area (Å²) in [4.78, 5) is 9.34. The van der Waals surface area contributed by atoms with E-state index in [0.717, 1.165) is 60.2 Å². The van der Waals surface area contributed by atoms with Crippen molar-refractivity contribution in [2.24, 2.45) is 10.9 Å². The van der Waals surface area contributed by atoms with Crippen molar-refractivity contribution in [3.05, 3.63) is 57.0 Å². The molecule has 1 aromatic heterocycles. The van der Waals surface area contributed by atoms with Gasteiger partial charge in [-0.1, -0.05) is 33.4 Å². The third-order valence-corrected chi connectivity index (χ3v) is 5.89. The van der Waals surface area contributed by atoms with E-state index in [4.69, 9.17) is 4.98 Å². The zero-order valence-electron chi connectivity index (χ0n) is 19.4. The molecule has 1 saturated heterocycles. The fraction of sp³-hybridized carbons (Fsp3) is 0.429. The lowest BCUT2D eigenvalue weighted by Gasteiger charge is -2.23. The molecule has 1 fully saturated rings. The number of nitrogens with one attached hydrogen (secondary N) is 1. The minimum Gasteiger partial charge on any atom is -0.317 e. The third kappa shape index (κ3) is 5.60. The molecule has 1 aliphatic heterocycles. The van der Waals surface area contributed by atoms with E-state index in [1.807, 2.05) is 39.8 Å². The molecule has 0 atom stereocenters. The maximum atomic E-state index is 15.2. The maximum Gasteiger partial charge on any atom is 0.131 e. The van der Waals surface area contributed by atoms with Crippen LogP contribution in [0.1, 0.15) is 65.6 Å². The molecule has 4 heteroatoms. The molecule has 0 amide bonds. The summed E-state index contributed by atoms with van der Waals surface area (Å²) in [6.45, 7) is 11.9. The van der Waals surface area contributed by atoms with E-state index in [0.29, 0.717) is 11.5 Å². The lowest BCUT2D eigenvalue weighted by Crippen LogP contribution is -2.28. The van der Waals surface area contributed by atoms with E-state index in [1.54, 1.807) is 12.3 Å². The van der Waals surface area contributed by atoms with E-state index in [1.165, 1.54) is 10.8 Å². The normalized spacial score (nSPS) is 15.9. The van der Waals surface area contributed by atoms with Crippen molar-refractivity contribution in [3.63, 3.8) is 0 Å². The van der Waals surface area contributed by atoms with Crippen molar-refractivity contribution in [3.8, 4) is 11.3 Å². The van der Waals surface area contributed by atoms with Crippen LogP contribution in [0.15, 0.2) is 28.9 Å². The number of aryl methyl sites for hydroxylation is 2. The Kier molecular flexibility index (Phi) is 9.52. The highest BCUT2D eigenvalue weighted by atomic mass is 19.1. The topological polar surface area (TPSA) is 37.3 Å². The summed E-state index contributed by atoms with van der Waals surface area (Å²) in [6, 6.07) is 5.71. The Morgan fingerprint density at radius 1 is 1.12 bits per heavy atom. The monoisotopic (exact) mass is 437 g/mol. The standard InChI is InChI=1S/C25H28FN3.C2H6.CH4.H2/c1-4-28-24(18-8-10-27-11-9-18)15-21-16(2)12-19(14-22(21)26)25-13-17(3)20-6-5-7-23(20)29-25;1-2;;/h4,6-7,12-15,18,27H,5,8-11H2,1-3H3;1-2H3;1H4;1H/b24-15-,28-4?;;;. The van der Waals surface area contributed by atoms with Crippen molar-refractivity contribution in [2.45, 2.75) is 61.3 Å². The van der Waals surface area contributed by atoms with Crippen molar-refractivity contribution in [1.82, 2.24) is 10.3 Å². The molecule has 1 aromatic carbocycles. The van der Waals surface area contributed by atoms with Gasteiger partial charge >= 0.3 is 0 Å². The minimum absolute atomic E-state index is 0. The van der Waals surface area contributed by atoms with Gasteiger partial charge in [-0.25, -0.2) is 9.37 Å². The largest absolute Gasteiger partial charge is 0.317 e. The van der Waals surface area contributed by atoms with Gasteiger partial charge in [-0.05, 0) is 93.7 Å². The van der Waals surface area contributed by atoms with Crippen molar-refractivity contribution in [1.29, 1.82) is 0 Å². The molecule has 0 unspecified atom stereocenters. The molecular formula is C28H40FN3. The minimum atomic E-state index is -0.215. The van der Waals surface area contributed by atoms with Gasteiger partial charge in [0.1, 0.15) is 5.82 Å². The molecule has 0 radical (unpaired) electrons. The van der Waals surface area contributed by atoms with Crippen molar-refractivity contribution < 1.29 is 5.82 Å². The van der Waals surface area contributed by atoms with Crippen LogP contribution in [0.5, 0.6) is 0 Å². The van der Waals surface area contributed by atoms with E-state index < -0.39 is 0 Å². The maximum absolute atomic E-state index is 15.2. The predicted molar refractivity (Wildman–Crippen MR) is 140 cm³/mol. The smallest absolute Gasteiger partial charge is 0.131 e. The summed E-state index contributed by atoms with van der Waals surface area (Å²) < 4.78 is 15.2. The molecule has 2 heterocycles. The SMILES string of the molecule is C.CC.CC=N/C(=C\c1c(C)cc(-c2cc(C)c3c(n2)=CCC=3)cc1F)C1CCNCC1.[HH].